The van der Waals surface area contributed by atoms with E-state index in [-0.39, 0.29) is 11.8 Å². The summed E-state index contributed by atoms with van der Waals surface area (Å²) in [6.07, 6.45) is 4.78. The summed E-state index contributed by atoms with van der Waals surface area (Å²) in [5, 5.41) is 12.3. The molecule has 0 aromatic carbocycles. The lowest BCUT2D eigenvalue weighted by atomic mass is 9.85. The van der Waals surface area contributed by atoms with Crippen molar-refractivity contribution in [1.82, 2.24) is 5.32 Å². The van der Waals surface area contributed by atoms with Gasteiger partial charge in [0.25, 0.3) is 0 Å². The maximum Gasteiger partial charge on any atom is 0.249 e. The monoisotopic (exact) mass is 185 g/mol. The number of hydrogen-bond acceptors (Lipinski definition) is 2. The predicted molar refractivity (Wildman–Crippen MR) is 51.3 cm³/mol. The Morgan fingerprint density at radius 3 is 2.62 bits per heavy atom. The average Bonchev–Trinajstić information content (AvgIpc) is 2.18. The molecule has 1 aliphatic carbocycles. The van der Waals surface area contributed by atoms with Crippen LogP contribution in [0.25, 0.3) is 0 Å². The van der Waals surface area contributed by atoms with E-state index in [2.05, 4.69) is 5.32 Å². The summed E-state index contributed by atoms with van der Waals surface area (Å²) >= 11 is 0. The van der Waals surface area contributed by atoms with E-state index in [4.69, 9.17) is 0 Å². The molecule has 0 spiro atoms. The van der Waals surface area contributed by atoms with Gasteiger partial charge in [-0.2, -0.15) is 0 Å². The molecule has 0 aliphatic heterocycles. The highest BCUT2D eigenvalue weighted by atomic mass is 16.3. The Morgan fingerprint density at radius 1 is 1.46 bits per heavy atom. The zero-order chi connectivity index (χ0) is 9.68. The SMILES string of the molecule is CCNC(=O)C(O)C1CCCCC1. The lowest BCUT2D eigenvalue weighted by Gasteiger charge is -2.25. The molecule has 0 heterocycles. The Kier molecular flexibility index (Phi) is 4.22. The Hall–Kier alpha value is -0.570. The van der Waals surface area contributed by atoms with Crippen molar-refractivity contribution < 1.29 is 9.90 Å². The summed E-state index contributed by atoms with van der Waals surface area (Å²) in [5.74, 6) is -0.00491. The molecule has 1 aliphatic rings. The van der Waals surface area contributed by atoms with Crippen molar-refractivity contribution in [3.8, 4) is 0 Å². The minimum atomic E-state index is -0.778. The molecule has 0 aromatic rings. The number of carbonyl (C=O) groups is 1. The van der Waals surface area contributed by atoms with Crippen molar-refractivity contribution in [2.75, 3.05) is 6.54 Å². The number of likely N-dealkylation sites (N-methyl/N-ethyl adjacent to an activating group) is 1. The molecular formula is C10H19NO2. The van der Waals surface area contributed by atoms with Gasteiger partial charge in [-0.3, -0.25) is 4.79 Å². The van der Waals surface area contributed by atoms with E-state index in [0.29, 0.717) is 6.54 Å². The third-order valence-electron chi connectivity index (χ3n) is 2.72. The van der Waals surface area contributed by atoms with Gasteiger partial charge >= 0.3 is 0 Å². The number of amides is 1. The van der Waals surface area contributed by atoms with Gasteiger partial charge in [-0.1, -0.05) is 19.3 Å². The van der Waals surface area contributed by atoms with Gasteiger partial charge < -0.3 is 10.4 Å². The number of aliphatic hydroxyl groups excluding tert-OH is 1. The largest absolute Gasteiger partial charge is 0.383 e. The molecule has 2 N–H and O–H groups in total. The second-order valence-electron chi connectivity index (χ2n) is 3.74. The fraction of sp³-hybridized carbons (Fsp3) is 0.900. The molecule has 0 aromatic heterocycles. The van der Waals surface area contributed by atoms with Gasteiger partial charge in [-0.15, -0.1) is 0 Å². The van der Waals surface area contributed by atoms with E-state index in [9.17, 15) is 9.90 Å². The normalized spacial score (nSPS) is 21.1. The van der Waals surface area contributed by atoms with E-state index in [0.717, 1.165) is 25.7 Å². The molecule has 0 bridgehead atoms. The minimum Gasteiger partial charge on any atom is -0.383 e. The Labute approximate surface area is 79.5 Å². The van der Waals surface area contributed by atoms with Gasteiger partial charge in [0.05, 0.1) is 0 Å². The van der Waals surface area contributed by atoms with Crippen molar-refractivity contribution in [3.63, 3.8) is 0 Å². The van der Waals surface area contributed by atoms with Crippen molar-refractivity contribution in [3.05, 3.63) is 0 Å². The molecule has 1 rings (SSSR count). The van der Waals surface area contributed by atoms with E-state index in [1.807, 2.05) is 6.92 Å². The topological polar surface area (TPSA) is 49.3 Å². The van der Waals surface area contributed by atoms with Gasteiger partial charge in [0.1, 0.15) is 6.10 Å². The van der Waals surface area contributed by atoms with Crippen molar-refractivity contribution in [2.45, 2.75) is 45.1 Å². The summed E-state index contributed by atoms with van der Waals surface area (Å²) in [5.41, 5.74) is 0. The highest BCUT2D eigenvalue weighted by Crippen LogP contribution is 2.26. The van der Waals surface area contributed by atoms with Gasteiger partial charge in [0, 0.05) is 6.54 Å². The molecule has 3 nitrogen and oxygen atoms in total. The van der Waals surface area contributed by atoms with E-state index in [1.165, 1.54) is 6.42 Å². The van der Waals surface area contributed by atoms with Crippen LogP contribution in [-0.4, -0.2) is 23.7 Å². The summed E-state index contributed by atoms with van der Waals surface area (Å²) in [4.78, 5) is 11.3. The molecule has 1 saturated carbocycles. The molecule has 0 radical (unpaired) electrons. The van der Waals surface area contributed by atoms with Gasteiger partial charge in [-0.05, 0) is 25.7 Å². The first-order valence-corrected chi connectivity index (χ1v) is 5.21. The number of hydrogen-bond donors (Lipinski definition) is 2. The summed E-state index contributed by atoms with van der Waals surface area (Å²) in [6.45, 7) is 2.47. The fourth-order valence-electron chi connectivity index (χ4n) is 1.94. The minimum absolute atomic E-state index is 0.195. The number of aliphatic hydroxyl groups is 1. The molecule has 1 unspecified atom stereocenters. The predicted octanol–water partition coefficient (Wildman–Crippen LogP) is 1.06. The van der Waals surface area contributed by atoms with Crippen LogP contribution in [-0.2, 0) is 4.79 Å². The van der Waals surface area contributed by atoms with Crippen LogP contribution in [0.1, 0.15) is 39.0 Å². The van der Waals surface area contributed by atoms with Crippen molar-refractivity contribution >= 4 is 5.91 Å². The first kappa shape index (κ1) is 10.5. The smallest absolute Gasteiger partial charge is 0.249 e. The molecule has 13 heavy (non-hydrogen) atoms. The van der Waals surface area contributed by atoms with E-state index in [1.54, 1.807) is 0 Å². The van der Waals surface area contributed by atoms with E-state index >= 15 is 0 Å². The maximum atomic E-state index is 11.3. The van der Waals surface area contributed by atoms with Crippen LogP contribution in [0.4, 0.5) is 0 Å². The highest BCUT2D eigenvalue weighted by molar-refractivity contribution is 5.80. The molecule has 1 amide bonds. The third kappa shape index (κ3) is 2.99. The van der Waals surface area contributed by atoms with Crippen LogP contribution >= 0.6 is 0 Å². The molecule has 1 fully saturated rings. The van der Waals surface area contributed by atoms with Crippen molar-refractivity contribution in [2.24, 2.45) is 5.92 Å². The first-order chi connectivity index (χ1) is 6.25. The molecule has 0 saturated heterocycles. The van der Waals surface area contributed by atoms with Crippen LogP contribution in [0, 0.1) is 5.92 Å². The number of carbonyl (C=O) groups excluding carboxylic acids is 1. The number of nitrogens with one attached hydrogen (secondary N) is 1. The van der Waals surface area contributed by atoms with Crippen LogP contribution < -0.4 is 5.32 Å². The van der Waals surface area contributed by atoms with Crippen LogP contribution in [0.15, 0.2) is 0 Å². The summed E-state index contributed by atoms with van der Waals surface area (Å²) in [6, 6.07) is 0. The first-order valence-electron chi connectivity index (χ1n) is 5.21. The second kappa shape index (κ2) is 5.22. The third-order valence-corrected chi connectivity index (χ3v) is 2.72. The van der Waals surface area contributed by atoms with Gasteiger partial charge in [0.15, 0.2) is 0 Å². The summed E-state index contributed by atoms with van der Waals surface area (Å²) in [7, 11) is 0. The molecule has 1 atom stereocenters. The molecule has 3 heteroatoms. The van der Waals surface area contributed by atoms with E-state index < -0.39 is 6.10 Å². The van der Waals surface area contributed by atoms with Gasteiger partial charge in [0.2, 0.25) is 5.91 Å². The zero-order valence-electron chi connectivity index (χ0n) is 8.25. The quantitative estimate of drug-likeness (QED) is 0.691. The standard InChI is InChI=1S/C10H19NO2/c1-2-11-10(13)9(12)8-6-4-3-5-7-8/h8-9,12H,2-7H2,1H3,(H,11,13). The molecular weight excluding hydrogens is 166 g/mol. The lowest BCUT2D eigenvalue weighted by molar-refractivity contribution is -0.132. The van der Waals surface area contributed by atoms with Crippen LogP contribution in [0.5, 0.6) is 0 Å². The Morgan fingerprint density at radius 2 is 2.08 bits per heavy atom. The summed E-state index contributed by atoms with van der Waals surface area (Å²) < 4.78 is 0. The van der Waals surface area contributed by atoms with Crippen molar-refractivity contribution in [1.29, 1.82) is 0 Å². The average molecular weight is 185 g/mol. The fourth-order valence-corrected chi connectivity index (χ4v) is 1.94. The maximum absolute atomic E-state index is 11.3. The zero-order valence-corrected chi connectivity index (χ0v) is 8.25. The second-order valence-corrected chi connectivity index (χ2v) is 3.74. The van der Waals surface area contributed by atoms with Crippen LogP contribution in [0.2, 0.25) is 0 Å². The lowest BCUT2D eigenvalue weighted by Crippen LogP contribution is -2.39. The van der Waals surface area contributed by atoms with Crippen LogP contribution in [0.3, 0.4) is 0 Å². The Balaban J connectivity index is 2.35. The van der Waals surface area contributed by atoms with Gasteiger partial charge in [-0.25, -0.2) is 0 Å². The Bertz CT molecular complexity index is 164. The molecule has 76 valence electrons. The highest BCUT2D eigenvalue weighted by Gasteiger charge is 2.26. The number of rotatable bonds is 3.